The number of terminal acetylenes is 1. The first-order valence-electron chi connectivity index (χ1n) is 12.3. The summed E-state index contributed by atoms with van der Waals surface area (Å²) in [6.07, 6.45) is 21.8. The van der Waals surface area contributed by atoms with Gasteiger partial charge in [0.15, 0.2) is 0 Å². The van der Waals surface area contributed by atoms with Crippen molar-refractivity contribution in [2.24, 2.45) is 17.8 Å². The fourth-order valence-electron chi connectivity index (χ4n) is 4.74. The number of hydrogen-bond acceptors (Lipinski definition) is 1. The van der Waals surface area contributed by atoms with Gasteiger partial charge in [0.1, 0.15) is 0 Å². The van der Waals surface area contributed by atoms with Gasteiger partial charge in [0.2, 0.25) is 0 Å². The highest BCUT2D eigenvalue weighted by Gasteiger charge is 2.44. The van der Waals surface area contributed by atoms with Crippen molar-refractivity contribution in [3.05, 3.63) is 12.2 Å². The van der Waals surface area contributed by atoms with Gasteiger partial charge in [-0.05, 0) is 44.4 Å². The van der Waals surface area contributed by atoms with Crippen LogP contribution in [0.25, 0.3) is 0 Å². The third kappa shape index (κ3) is 9.17. The van der Waals surface area contributed by atoms with E-state index in [0.29, 0.717) is 5.92 Å². The summed E-state index contributed by atoms with van der Waals surface area (Å²) in [4.78, 5) is 0. The second kappa shape index (κ2) is 16.1. The smallest absolute Gasteiger partial charge is 0.0815 e. The maximum Gasteiger partial charge on any atom is 0.0815 e. The molecule has 0 aromatic heterocycles. The van der Waals surface area contributed by atoms with E-state index < -0.39 is 5.60 Å². The molecule has 4 unspecified atom stereocenters. The predicted octanol–water partition coefficient (Wildman–Crippen LogP) is 8.32. The zero-order valence-corrected chi connectivity index (χ0v) is 19.9. The fraction of sp³-hybridized carbons (Fsp3) is 0.852. The minimum absolute atomic E-state index is 0.112. The molecule has 0 aliphatic carbocycles. The lowest BCUT2D eigenvalue weighted by Crippen LogP contribution is -2.47. The van der Waals surface area contributed by atoms with Gasteiger partial charge < -0.3 is 5.11 Å². The van der Waals surface area contributed by atoms with Crippen LogP contribution in [0.4, 0.5) is 0 Å². The van der Waals surface area contributed by atoms with Crippen LogP contribution >= 0.6 is 0 Å². The lowest BCUT2D eigenvalue weighted by Gasteiger charge is -2.44. The molecule has 0 radical (unpaired) electrons. The van der Waals surface area contributed by atoms with Crippen LogP contribution in [0.2, 0.25) is 0 Å². The van der Waals surface area contributed by atoms with Crippen molar-refractivity contribution in [2.75, 3.05) is 0 Å². The molecule has 0 aliphatic rings. The summed E-state index contributed by atoms with van der Waals surface area (Å²) in [5.41, 5.74) is 0.569. The Kier molecular flexibility index (Phi) is 15.7. The number of hydrogen-bond donors (Lipinski definition) is 1. The van der Waals surface area contributed by atoms with Crippen molar-refractivity contribution >= 4 is 0 Å². The summed E-state index contributed by atoms with van der Waals surface area (Å²) >= 11 is 0. The number of unbranched alkanes of at least 4 members (excludes halogenated alkanes) is 6. The number of aliphatic hydroxyl groups is 1. The average molecular weight is 391 g/mol. The molecule has 0 rings (SSSR count). The van der Waals surface area contributed by atoms with Gasteiger partial charge in [0, 0.05) is 5.92 Å². The first-order valence-corrected chi connectivity index (χ1v) is 12.3. The van der Waals surface area contributed by atoms with Gasteiger partial charge in [-0.1, -0.05) is 104 Å². The van der Waals surface area contributed by atoms with E-state index in [-0.39, 0.29) is 11.8 Å². The molecular formula is C27H50O. The first kappa shape index (κ1) is 27.3. The topological polar surface area (TPSA) is 20.2 Å². The molecule has 1 N–H and O–H groups in total. The SMILES string of the molecule is C#CC(C)C(O)(CCCCCC)C(CCCCC)C(CCCC)C(=C)CCC. The van der Waals surface area contributed by atoms with E-state index in [9.17, 15) is 5.11 Å². The lowest BCUT2D eigenvalue weighted by molar-refractivity contribution is -0.0769. The minimum Gasteiger partial charge on any atom is -0.388 e. The second-order valence-corrected chi connectivity index (χ2v) is 8.95. The molecule has 0 aromatic rings. The van der Waals surface area contributed by atoms with Gasteiger partial charge in [0.05, 0.1) is 5.60 Å². The summed E-state index contributed by atoms with van der Waals surface area (Å²) in [7, 11) is 0. The molecule has 1 nitrogen and oxygen atoms in total. The Morgan fingerprint density at radius 2 is 1.50 bits per heavy atom. The van der Waals surface area contributed by atoms with Crippen LogP contribution in [0.15, 0.2) is 12.2 Å². The van der Waals surface area contributed by atoms with Gasteiger partial charge in [0.25, 0.3) is 0 Å². The Morgan fingerprint density at radius 3 is 2.04 bits per heavy atom. The fourth-order valence-corrected chi connectivity index (χ4v) is 4.74. The molecule has 164 valence electrons. The maximum absolute atomic E-state index is 12.0. The predicted molar refractivity (Wildman–Crippen MR) is 126 cm³/mol. The Morgan fingerprint density at radius 1 is 0.893 bits per heavy atom. The van der Waals surface area contributed by atoms with Crippen LogP contribution < -0.4 is 0 Å². The molecule has 0 saturated heterocycles. The zero-order valence-electron chi connectivity index (χ0n) is 19.9. The second-order valence-electron chi connectivity index (χ2n) is 8.95. The van der Waals surface area contributed by atoms with Crippen molar-refractivity contribution < 1.29 is 5.11 Å². The van der Waals surface area contributed by atoms with E-state index in [2.05, 4.69) is 47.1 Å². The van der Waals surface area contributed by atoms with Crippen molar-refractivity contribution in [1.82, 2.24) is 0 Å². The molecule has 1 heteroatoms. The number of allylic oxidation sites excluding steroid dienone is 1. The van der Waals surface area contributed by atoms with Gasteiger partial charge in [-0.2, -0.15) is 0 Å². The molecule has 28 heavy (non-hydrogen) atoms. The first-order chi connectivity index (χ1) is 13.4. The van der Waals surface area contributed by atoms with E-state index in [1.54, 1.807) is 0 Å². The molecule has 0 fully saturated rings. The van der Waals surface area contributed by atoms with Gasteiger partial charge in [-0.15, -0.1) is 12.3 Å². The van der Waals surface area contributed by atoms with E-state index in [1.807, 2.05) is 0 Å². The Balaban J connectivity index is 5.78. The highest BCUT2D eigenvalue weighted by molar-refractivity contribution is 5.12. The standard InChI is InChI=1S/C27H50O/c1-8-13-16-18-22-27(28,24(7)12-5)26(21-17-14-9-2)25(20-15-10-3)23(6)19-11-4/h5,24-26,28H,6,8-11,13-22H2,1-4,7H3. The molecule has 0 aliphatic heterocycles. The van der Waals surface area contributed by atoms with Crippen molar-refractivity contribution in [3.63, 3.8) is 0 Å². The molecule has 0 heterocycles. The monoisotopic (exact) mass is 390 g/mol. The molecule has 4 atom stereocenters. The molecule has 0 amide bonds. The normalized spacial score (nSPS) is 16.8. The third-order valence-electron chi connectivity index (χ3n) is 6.64. The number of rotatable bonds is 18. The summed E-state index contributed by atoms with van der Waals surface area (Å²) < 4.78 is 0. The van der Waals surface area contributed by atoms with E-state index in [4.69, 9.17) is 6.42 Å². The average Bonchev–Trinajstić information content (AvgIpc) is 2.69. The highest BCUT2D eigenvalue weighted by Crippen LogP contribution is 2.44. The molecule has 0 saturated carbocycles. The van der Waals surface area contributed by atoms with E-state index in [0.717, 1.165) is 38.5 Å². The van der Waals surface area contributed by atoms with E-state index >= 15 is 0 Å². The van der Waals surface area contributed by atoms with E-state index in [1.165, 1.54) is 56.9 Å². The van der Waals surface area contributed by atoms with Crippen LogP contribution in [0.3, 0.4) is 0 Å². The maximum atomic E-state index is 12.0. The van der Waals surface area contributed by atoms with Gasteiger partial charge >= 0.3 is 0 Å². The van der Waals surface area contributed by atoms with Crippen LogP contribution in [0, 0.1) is 30.1 Å². The largest absolute Gasteiger partial charge is 0.388 e. The lowest BCUT2D eigenvalue weighted by atomic mass is 9.64. The Labute approximate surface area is 177 Å². The van der Waals surface area contributed by atoms with Crippen LogP contribution in [-0.4, -0.2) is 10.7 Å². The van der Waals surface area contributed by atoms with Crippen LogP contribution in [-0.2, 0) is 0 Å². The minimum atomic E-state index is -0.772. The van der Waals surface area contributed by atoms with Crippen molar-refractivity contribution in [1.29, 1.82) is 0 Å². The molecule has 0 bridgehead atoms. The van der Waals surface area contributed by atoms with Gasteiger partial charge in [-0.25, -0.2) is 0 Å². The molecule has 0 aromatic carbocycles. The van der Waals surface area contributed by atoms with Crippen LogP contribution in [0.1, 0.15) is 125 Å². The van der Waals surface area contributed by atoms with Crippen LogP contribution in [0.5, 0.6) is 0 Å². The third-order valence-corrected chi connectivity index (χ3v) is 6.64. The molecular weight excluding hydrogens is 340 g/mol. The van der Waals surface area contributed by atoms with Gasteiger partial charge in [-0.3, -0.25) is 0 Å². The summed E-state index contributed by atoms with van der Waals surface area (Å²) in [6.45, 7) is 15.5. The molecule has 0 spiro atoms. The highest BCUT2D eigenvalue weighted by atomic mass is 16.3. The Bertz CT molecular complexity index is 432. The quantitative estimate of drug-likeness (QED) is 0.142. The Hall–Kier alpha value is -0.740. The summed E-state index contributed by atoms with van der Waals surface area (Å²) in [5.74, 6) is 3.43. The summed E-state index contributed by atoms with van der Waals surface area (Å²) in [6, 6.07) is 0. The zero-order chi connectivity index (χ0) is 21.4. The van der Waals surface area contributed by atoms with Crippen molar-refractivity contribution in [3.8, 4) is 12.3 Å². The van der Waals surface area contributed by atoms with Crippen molar-refractivity contribution in [2.45, 2.75) is 130 Å². The summed E-state index contributed by atoms with van der Waals surface area (Å²) in [5, 5.41) is 12.0.